The number of aliphatic carboxylic acids is 1. The molecule has 344 valence electrons. The molecule has 1 heterocycles. The number of hydrogen-bond donors (Lipinski definition) is 3. The van der Waals surface area contributed by atoms with Gasteiger partial charge in [-0.25, -0.2) is 4.79 Å². The topological polar surface area (TPSA) is 133 Å². The van der Waals surface area contributed by atoms with Gasteiger partial charge in [-0.05, 0) is 89.9 Å². The SMILES string of the molecule is CC/C=C\C/C=C\C/C=C\C/C=C\C/C=C\C/C=C\CCC(=O)NCCN1C(=O)CC(SC[C@H](NC(=O)CC/C=C\C/C=C\C/C=C\C/C=C\C/C=C\C/C=C\CC)C(=O)O)C1=O. The summed E-state index contributed by atoms with van der Waals surface area (Å²) in [5.41, 5.74) is 0. The molecule has 2 atom stereocenters. The molecule has 1 unspecified atom stereocenters. The summed E-state index contributed by atoms with van der Waals surface area (Å²) in [6.45, 7) is 4.46. The van der Waals surface area contributed by atoms with Crippen LogP contribution in [0.5, 0.6) is 0 Å². The molecule has 0 aromatic rings. The highest BCUT2D eigenvalue weighted by Crippen LogP contribution is 2.25. The quantitative estimate of drug-likeness (QED) is 0.0421. The monoisotopic (exact) mass is 882 g/mol. The summed E-state index contributed by atoms with van der Waals surface area (Å²) in [7, 11) is 0. The number of imide groups is 1. The van der Waals surface area contributed by atoms with Crippen LogP contribution in [0.4, 0.5) is 0 Å². The predicted octanol–water partition coefficient (Wildman–Crippen LogP) is 11.5. The highest BCUT2D eigenvalue weighted by molar-refractivity contribution is 8.00. The van der Waals surface area contributed by atoms with Crippen molar-refractivity contribution in [3.8, 4) is 0 Å². The Balaban J connectivity index is 2.20. The number of carbonyl (C=O) groups excluding carboxylic acids is 4. The minimum Gasteiger partial charge on any atom is -0.480 e. The molecule has 10 heteroatoms. The van der Waals surface area contributed by atoms with E-state index in [1.165, 1.54) is 0 Å². The number of amides is 4. The Morgan fingerprint density at radius 2 is 0.921 bits per heavy atom. The Morgan fingerprint density at radius 3 is 1.29 bits per heavy atom. The van der Waals surface area contributed by atoms with Crippen molar-refractivity contribution in [3.63, 3.8) is 0 Å². The third-order valence-corrected chi connectivity index (χ3v) is 10.5. The molecule has 1 aliphatic heterocycles. The molecule has 0 aliphatic carbocycles. The largest absolute Gasteiger partial charge is 0.480 e. The summed E-state index contributed by atoms with van der Waals surface area (Å²) in [6, 6.07) is -1.19. The molecule has 0 aromatic heterocycles. The average Bonchev–Trinajstić information content (AvgIpc) is 3.54. The molecule has 1 aliphatic rings. The number of nitrogens with zero attached hydrogens (tertiary/aromatic N) is 1. The number of carboxylic acid groups (broad SMARTS) is 1. The lowest BCUT2D eigenvalue weighted by molar-refractivity contribution is -0.141. The fourth-order valence-corrected chi connectivity index (χ4v) is 6.96. The summed E-state index contributed by atoms with van der Waals surface area (Å²) in [5.74, 6) is -2.59. The standard InChI is InChI=1S/C53H75N3O6S/c1-3-5-7-9-11-13-15-17-19-21-23-25-27-29-31-33-35-37-39-41-49(57)54-43-44-56-51(59)45-48(52(56)60)63-46-47(53(61)62)55-50(58)42-40-38-36-34-32-30-28-26-24-22-20-18-16-14-12-10-8-6-4-2/h5-8,11-14,17-20,23-26,29-32,35-38,47-48H,3-4,9-10,15-16,21-22,27-28,33-34,39-46H2,1-2H3,(H,54,57)(H,55,58)(H,61,62)/b7-5-,8-6-,13-11-,14-12-,19-17-,20-18-,25-23-,26-24-,31-29-,32-30-,37-35-,38-36-/t47-,48?/m0/s1. The maximum absolute atomic E-state index is 12.9. The molecular weight excluding hydrogens is 807 g/mol. The zero-order chi connectivity index (χ0) is 45.9. The van der Waals surface area contributed by atoms with Crippen LogP contribution in [0.15, 0.2) is 146 Å². The molecule has 9 nitrogen and oxygen atoms in total. The fourth-order valence-electron chi connectivity index (χ4n) is 5.78. The molecule has 0 aromatic carbocycles. The van der Waals surface area contributed by atoms with E-state index in [1.807, 2.05) is 24.3 Å². The molecule has 0 bridgehead atoms. The van der Waals surface area contributed by atoms with Crippen molar-refractivity contribution in [1.82, 2.24) is 15.5 Å². The first-order valence-electron chi connectivity index (χ1n) is 22.8. The molecule has 0 saturated carbocycles. The molecule has 1 saturated heterocycles. The maximum atomic E-state index is 12.9. The van der Waals surface area contributed by atoms with Gasteiger partial charge in [-0.1, -0.05) is 160 Å². The van der Waals surface area contributed by atoms with Crippen LogP contribution in [-0.4, -0.2) is 69.7 Å². The molecular formula is C53H75N3O6S. The van der Waals surface area contributed by atoms with E-state index in [4.69, 9.17) is 0 Å². The van der Waals surface area contributed by atoms with E-state index in [2.05, 4.69) is 146 Å². The van der Waals surface area contributed by atoms with Crippen molar-refractivity contribution >= 4 is 41.4 Å². The molecule has 1 rings (SSSR count). The van der Waals surface area contributed by atoms with Crippen LogP contribution in [0.2, 0.25) is 0 Å². The van der Waals surface area contributed by atoms with Gasteiger partial charge in [0.25, 0.3) is 0 Å². The Labute approximate surface area is 383 Å². The third-order valence-electron chi connectivity index (χ3n) is 9.23. The van der Waals surface area contributed by atoms with Crippen LogP contribution in [0.25, 0.3) is 0 Å². The molecule has 3 N–H and O–H groups in total. The summed E-state index contributed by atoms with van der Waals surface area (Å²) >= 11 is 1.05. The molecule has 0 radical (unpaired) electrons. The minimum atomic E-state index is -1.20. The third kappa shape index (κ3) is 33.1. The van der Waals surface area contributed by atoms with Gasteiger partial charge in [0.05, 0.1) is 5.25 Å². The smallest absolute Gasteiger partial charge is 0.327 e. The summed E-state index contributed by atoms with van der Waals surface area (Å²) in [6.07, 6.45) is 63.5. The summed E-state index contributed by atoms with van der Waals surface area (Å²) < 4.78 is 0. The van der Waals surface area contributed by atoms with Crippen molar-refractivity contribution in [2.24, 2.45) is 0 Å². The highest BCUT2D eigenvalue weighted by Gasteiger charge is 2.39. The number of thioether (sulfide) groups is 1. The van der Waals surface area contributed by atoms with E-state index in [1.54, 1.807) is 0 Å². The lowest BCUT2D eigenvalue weighted by Crippen LogP contribution is -2.43. The van der Waals surface area contributed by atoms with Gasteiger partial charge in [0.15, 0.2) is 0 Å². The van der Waals surface area contributed by atoms with E-state index in [0.717, 1.165) is 93.7 Å². The van der Waals surface area contributed by atoms with Gasteiger partial charge in [0, 0.05) is 38.1 Å². The van der Waals surface area contributed by atoms with Gasteiger partial charge < -0.3 is 15.7 Å². The van der Waals surface area contributed by atoms with Gasteiger partial charge in [0.1, 0.15) is 6.04 Å². The van der Waals surface area contributed by atoms with Gasteiger partial charge in [-0.15, -0.1) is 11.8 Å². The lowest BCUT2D eigenvalue weighted by atomic mass is 10.2. The van der Waals surface area contributed by atoms with Crippen molar-refractivity contribution in [3.05, 3.63) is 146 Å². The zero-order valence-electron chi connectivity index (χ0n) is 38.0. The number of carbonyl (C=O) groups is 5. The second-order valence-electron chi connectivity index (χ2n) is 14.6. The van der Waals surface area contributed by atoms with Gasteiger partial charge >= 0.3 is 5.97 Å². The Kier molecular flexibility index (Phi) is 36.2. The normalized spacial score (nSPS) is 16.0. The van der Waals surface area contributed by atoms with Gasteiger partial charge in [-0.3, -0.25) is 24.1 Å². The van der Waals surface area contributed by atoms with Crippen molar-refractivity contribution in [1.29, 1.82) is 0 Å². The molecule has 0 spiro atoms. The molecule has 1 fully saturated rings. The van der Waals surface area contributed by atoms with Crippen LogP contribution in [0, 0.1) is 0 Å². The van der Waals surface area contributed by atoms with Crippen molar-refractivity contribution in [2.75, 3.05) is 18.8 Å². The second kappa shape index (κ2) is 40.8. The van der Waals surface area contributed by atoms with Crippen LogP contribution < -0.4 is 10.6 Å². The van der Waals surface area contributed by atoms with E-state index in [0.29, 0.717) is 19.3 Å². The summed E-state index contributed by atoms with van der Waals surface area (Å²) in [4.78, 5) is 63.3. The van der Waals surface area contributed by atoms with E-state index in [9.17, 15) is 29.1 Å². The van der Waals surface area contributed by atoms with Gasteiger partial charge in [0.2, 0.25) is 23.6 Å². The number of carboxylic acids is 1. The first kappa shape index (κ1) is 55.8. The first-order chi connectivity index (χ1) is 30.8. The van der Waals surface area contributed by atoms with E-state index in [-0.39, 0.29) is 43.5 Å². The Hall–Kier alpha value is -5.22. The Morgan fingerprint density at radius 1 is 0.571 bits per heavy atom. The fraction of sp³-hybridized carbons (Fsp3) is 0.453. The summed E-state index contributed by atoms with van der Waals surface area (Å²) in [5, 5.41) is 14.3. The molecule has 4 amide bonds. The Bertz CT molecular complexity index is 1680. The van der Waals surface area contributed by atoms with Crippen molar-refractivity contribution in [2.45, 2.75) is 134 Å². The minimum absolute atomic E-state index is 0.0497. The number of hydrogen-bond acceptors (Lipinski definition) is 6. The first-order valence-corrected chi connectivity index (χ1v) is 23.9. The zero-order valence-corrected chi connectivity index (χ0v) is 38.8. The number of rotatable bonds is 36. The van der Waals surface area contributed by atoms with E-state index < -0.39 is 29.1 Å². The predicted molar refractivity (Wildman–Crippen MR) is 265 cm³/mol. The second-order valence-corrected chi connectivity index (χ2v) is 15.9. The molecule has 63 heavy (non-hydrogen) atoms. The van der Waals surface area contributed by atoms with Crippen LogP contribution in [-0.2, 0) is 24.0 Å². The average molecular weight is 882 g/mol. The van der Waals surface area contributed by atoms with Crippen LogP contribution in [0.3, 0.4) is 0 Å². The van der Waals surface area contributed by atoms with Crippen molar-refractivity contribution < 1.29 is 29.1 Å². The number of nitrogens with one attached hydrogen (secondary N) is 2. The number of allylic oxidation sites excluding steroid dienone is 24. The van der Waals surface area contributed by atoms with Crippen LogP contribution in [0.1, 0.15) is 123 Å². The van der Waals surface area contributed by atoms with Crippen LogP contribution >= 0.6 is 11.8 Å². The van der Waals surface area contributed by atoms with E-state index >= 15 is 0 Å². The number of likely N-dealkylation sites (tertiary alicyclic amines) is 1. The highest BCUT2D eigenvalue weighted by atomic mass is 32.2. The van der Waals surface area contributed by atoms with Gasteiger partial charge in [-0.2, -0.15) is 0 Å². The lowest BCUT2D eigenvalue weighted by Gasteiger charge is -2.17. The maximum Gasteiger partial charge on any atom is 0.327 e.